The van der Waals surface area contributed by atoms with Gasteiger partial charge in [0.2, 0.25) is 0 Å². The molecule has 0 aliphatic heterocycles. The fourth-order valence-corrected chi connectivity index (χ4v) is 3.46. The number of nitrogens with zero attached hydrogens (tertiary/aromatic N) is 6. The summed E-state index contributed by atoms with van der Waals surface area (Å²) in [5, 5.41) is 17.9. The summed E-state index contributed by atoms with van der Waals surface area (Å²) < 4.78 is 264. The van der Waals surface area contributed by atoms with E-state index in [1.165, 1.54) is 62.3 Å². The van der Waals surface area contributed by atoms with Gasteiger partial charge in [-0.25, -0.2) is 0 Å². The Morgan fingerprint density at radius 1 is 0.317 bits per heavy atom. The number of alkyl halides is 21. The van der Waals surface area contributed by atoms with Crippen LogP contribution in [0.1, 0.15) is 96.5 Å². The maximum Gasteiger partial charge on any atom is 1.00 e. The molecule has 0 saturated carbocycles. The van der Waals surface area contributed by atoms with Crippen LogP contribution < -0.4 is 15.3 Å². The molecule has 30 heteroatoms. The molecule has 3 aromatic rings. The van der Waals surface area contributed by atoms with E-state index in [0.29, 0.717) is 18.2 Å². The van der Waals surface area contributed by atoms with Crippen LogP contribution in [0, 0.1) is 0 Å². The van der Waals surface area contributed by atoms with Gasteiger partial charge in [0.05, 0.1) is 0 Å². The number of rotatable bonds is 6. The molecule has 0 fully saturated rings. The molecule has 360 valence electrons. The molecule has 0 aliphatic rings. The summed E-state index contributed by atoms with van der Waals surface area (Å²) in [6.07, 6.45) is -19.1. The minimum Gasteiger partial charge on any atom is -0.574 e. The molecule has 0 aliphatic carbocycles. The first kappa shape index (κ1) is 62.7. The van der Waals surface area contributed by atoms with E-state index < -0.39 is 87.4 Å². The second kappa shape index (κ2) is 19.2. The normalized spacial score (nSPS) is 14.1. The molecule has 0 spiro atoms. The molecule has 6 nitrogen and oxygen atoms in total. The van der Waals surface area contributed by atoms with Gasteiger partial charge in [0.15, 0.2) is 0 Å². The van der Waals surface area contributed by atoms with Gasteiger partial charge in [-0.3, -0.25) is 0 Å². The summed E-state index contributed by atoms with van der Waals surface area (Å²) in [7, 11) is 0. The van der Waals surface area contributed by atoms with E-state index in [-0.39, 0.29) is 84.2 Å². The summed E-state index contributed by atoms with van der Waals surface area (Å²) in [6.45, 7) is 13.8. The largest absolute Gasteiger partial charge is 1.00 e. The van der Waals surface area contributed by atoms with Crippen LogP contribution in [0.5, 0.6) is 0 Å². The predicted molar refractivity (Wildman–Crippen MR) is 153 cm³/mol. The van der Waals surface area contributed by atoms with Gasteiger partial charge in [-0.05, 0) is 0 Å². The van der Waals surface area contributed by atoms with Crippen LogP contribution in [0.2, 0.25) is 0 Å². The van der Waals surface area contributed by atoms with Crippen molar-refractivity contribution in [1.29, 1.82) is 0 Å². The Bertz CT molecular complexity index is 1580. The number of halogens is 21. The number of aromatic nitrogens is 6. The van der Waals surface area contributed by atoms with Crippen LogP contribution in [0.3, 0.4) is 0 Å². The molecule has 0 radical (unpaired) electrons. The van der Waals surface area contributed by atoms with Crippen molar-refractivity contribution in [3.63, 3.8) is 0 Å². The topological polar surface area (TPSA) is 81.0 Å². The smallest absolute Gasteiger partial charge is 0.574 e. The molecule has 0 unspecified atom stereocenters. The molecule has 3 rings (SSSR count). The first-order chi connectivity index (χ1) is 24.6. The quantitative estimate of drug-likeness (QED) is 0.181. The predicted octanol–water partition coefficient (Wildman–Crippen LogP) is 10.9. The minimum atomic E-state index is -6.38. The van der Waals surface area contributed by atoms with E-state index in [0.717, 1.165) is 0 Å². The maximum absolute atomic E-state index is 13.3. The molecule has 0 bridgehead atoms. The zero-order chi connectivity index (χ0) is 45.8. The zero-order valence-electron chi connectivity index (χ0n) is 31.3. The maximum atomic E-state index is 13.3. The van der Waals surface area contributed by atoms with Gasteiger partial charge in [-0.1, -0.05) is 97.6 Å². The van der Waals surface area contributed by atoms with E-state index in [9.17, 15) is 92.2 Å². The van der Waals surface area contributed by atoms with Gasteiger partial charge >= 0.3 is 121 Å². The molecule has 0 amide bonds. The first-order valence-corrected chi connectivity index (χ1v) is 15.1. The van der Waals surface area contributed by atoms with Crippen LogP contribution in [0.25, 0.3) is 0 Å². The van der Waals surface area contributed by atoms with Crippen molar-refractivity contribution in [2.75, 3.05) is 0 Å². The summed E-state index contributed by atoms with van der Waals surface area (Å²) in [6, 6.07) is 1.37. The second-order valence-corrected chi connectivity index (χ2v) is 15.0. The Kier molecular flexibility index (Phi) is 20.1. The molecule has 0 saturated heterocycles. The van der Waals surface area contributed by atoms with Crippen LogP contribution in [-0.4, -0.2) is 51.6 Å². The van der Waals surface area contributed by atoms with E-state index in [4.69, 9.17) is 0 Å². The van der Waals surface area contributed by atoms with E-state index in [1.54, 1.807) is 0 Å². The summed E-state index contributed by atoms with van der Waals surface area (Å²) in [4.78, 5) is 0. The fourth-order valence-electron chi connectivity index (χ4n) is 3.46. The third kappa shape index (κ3) is 13.0. The van der Waals surface area contributed by atoms with Crippen molar-refractivity contribution in [1.82, 2.24) is 30.6 Å². The van der Waals surface area contributed by atoms with E-state index in [1.807, 2.05) is 0 Å². The average molecular weight is 1200 g/mol. The summed E-state index contributed by atoms with van der Waals surface area (Å²) in [5.74, 6) is -35.0. The molecule has 3 heterocycles. The Morgan fingerprint density at radius 3 is 0.567 bits per heavy atom. The Hall–Kier alpha value is -1.62. The van der Waals surface area contributed by atoms with Crippen LogP contribution >= 0.6 is 0 Å². The molecule has 0 aromatic carbocycles. The number of hydrogen-bond acceptors (Lipinski definition) is 3. The molecule has 3 aromatic heterocycles. The van der Waals surface area contributed by atoms with Crippen molar-refractivity contribution < 1.29 is 159 Å². The van der Waals surface area contributed by atoms with Crippen molar-refractivity contribution in [3.8, 4) is 0 Å². The van der Waals surface area contributed by atoms with Gasteiger partial charge < -0.3 is 30.6 Å². The monoisotopic (exact) mass is 1190 g/mol. The molecule has 0 N–H and O–H groups in total. The van der Waals surface area contributed by atoms with Crippen molar-refractivity contribution in [2.24, 2.45) is 0 Å². The van der Waals surface area contributed by atoms with Gasteiger partial charge in [-0.15, -0.1) is 0 Å². The minimum absolute atomic E-state index is 0. The van der Waals surface area contributed by atoms with E-state index in [2.05, 4.69) is 30.6 Å². The Morgan fingerprint density at radius 2 is 0.467 bits per heavy atom. The van der Waals surface area contributed by atoms with Crippen LogP contribution in [-0.2, 0) is 101 Å². The molecular formula is C30H30Ag3F21N6. The van der Waals surface area contributed by atoms with Gasteiger partial charge in [-0.2, -0.15) is 92.2 Å². The standard InChI is InChI=1S/3C10H10F7N2.3Ag/c3*1-7(2,3)5-4-6(19-18-5)8(11,12)9(13,14)10(15,16)17;;;/h3*4H,1-3H3;;;/q3*-1;3*+1. The van der Waals surface area contributed by atoms with Crippen molar-refractivity contribution in [3.05, 3.63) is 52.4 Å². The fraction of sp³-hybridized carbons (Fsp3) is 0.700. The Balaban J connectivity index is -0.000000792. The van der Waals surface area contributed by atoms with Gasteiger partial charge in [0.25, 0.3) is 0 Å². The van der Waals surface area contributed by atoms with E-state index >= 15 is 0 Å². The van der Waals surface area contributed by atoms with Crippen LogP contribution in [0.15, 0.2) is 18.2 Å². The first-order valence-electron chi connectivity index (χ1n) is 15.1. The Labute approximate surface area is 373 Å². The average Bonchev–Trinajstić information content (AvgIpc) is 3.76. The van der Waals surface area contributed by atoms with Crippen molar-refractivity contribution in [2.45, 2.75) is 133 Å². The third-order valence-corrected chi connectivity index (χ3v) is 7.14. The molecule has 60 heavy (non-hydrogen) atoms. The zero-order valence-corrected chi connectivity index (χ0v) is 35.7. The molecular weight excluding hydrogens is 1170 g/mol. The summed E-state index contributed by atoms with van der Waals surface area (Å²) >= 11 is 0. The third-order valence-electron chi connectivity index (χ3n) is 7.14. The SMILES string of the molecule is CC(C)(C)c1cc(C(F)(F)C(F)(F)C(F)(F)F)[n-]n1.CC(C)(C)c1cc(C(F)(F)C(F)(F)C(F)(F)F)[n-]n1.CC(C)(C)c1cc(C(F)(F)C(F)(F)C(F)(F)F)[n-]n1.[Ag+].[Ag+].[Ag+]. The second-order valence-electron chi connectivity index (χ2n) is 15.0. The number of hydrogen-bond donors (Lipinski definition) is 0. The van der Waals surface area contributed by atoms with Crippen molar-refractivity contribution >= 4 is 0 Å². The van der Waals surface area contributed by atoms with Crippen LogP contribution in [0.4, 0.5) is 92.2 Å². The summed E-state index contributed by atoms with van der Waals surface area (Å²) in [5.41, 5.74) is -7.77. The molecule has 0 atom stereocenters. The van der Waals surface area contributed by atoms with Gasteiger partial charge in [0.1, 0.15) is 0 Å². The van der Waals surface area contributed by atoms with Gasteiger partial charge in [0, 0.05) is 33.3 Å².